The van der Waals surface area contributed by atoms with Gasteiger partial charge in [0.25, 0.3) is 0 Å². The van der Waals surface area contributed by atoms with Crippen molar-refractivity contribution in [3.63, 3.8) is 0 Å². The van der Waals surface area contributed by atoms with Gasteiger partial charge in [-0.05, 0) is 42.5 Å². The highest BCUT2D eigenvalue weighted by Gasteiger charge is 2.30. The third-order valence-corrected chi connectivity index (χ3v) is 4.34. The van der Waals surface area contributed by atoms with Crippen LogP contribution < -0.4 is 0 Å². The molecular formula is C11H16BrNO2S. The van der Waals surface area contributed by atoms with Gasteiger partial charge in [0.2, 0.25) is 0 Å². The Kier molecular flexibility index (Phi) is 4.95. The average molecular weight is 306 g/mol. The maximum atomic E-state index is 11.2. The standard InChI is InChI=1S/C11H16BrNO2S/c1-4-8(11(14)15)10(13(2)3)9-5-7(12)6-16-9/h5-6,8,10H,4H2,1-3H3,(H,14,15). The lowest BCUT2D eigenvalue weighted by atomic mass is 9.95. The Bertz CT molecular complexity index is 365. The zero-order valence-corrected chi connectivity index (χ0v) is 12.0. The minimum atomic E-state index is -0.731. The molecule has 90 valence electrons. The van der Waals surface area contributed by atoms with Crippen molar-refractivity contribution in [3.05, 3.63) is 20.8 Å². The highest BCUT2D eigenvalue weighted by Crippen LogP contribution is 2.34. The van der Waals surface area contributed by atoms with Crippen molar-refractivity contribution in [1.82, 2.24) is 4.90 Å². The Labute approximate surface area is 108 Å². The predicted molar refractivity (Wildman–Crippen MR) is 69.9 cm³/mol. The summed E-state index contributed by atoms with van der Waals surface area (Å²) >= 11 is 5.00. The highest BCUT2D eigenvalue weighted by atomic mass is 79.9. The molecule has 3 nitrogen and oxygen atoms in total. The second-order valence-electron chi connectivity index (χ2n) is 3.93. The van der Waals surface area contributed by atoms with Crippen molar-refractivity contribution in [3.8, 4) is 0 Å². The van der Waals surface area contributed by atoms with Gasteiger partial charge in [0.15, 0.2) is 0 Å². The number of aliphatic carboxylic acids is 1. The Morgan fingerprint density at radius 2 is 2.25 bits per heavy atom. The molecule has 0 aromatic carbocycles. The van der Waals surface area contributed by atoms with Gasteiger partial charge in [-0.15, -0.1) is 11.3 Å². The average Bonchev–Trinajstić information content (AvgIpc) is 2.59. The normalized spacial score (nSPS) is 15.1. The molecule has 1 rings (SSSR count). The van der Waals surface area contributed by atoms with Crippen LogP contribution in [-0.4, -0.2) is 30.1 Å². The monoisotopic (exact) mass is 305 g/mol. The molecule has 1 aromatic rings. The molecule has 0 saturated heterocycles. The molecule has 0 saturated carbocycles. The summed E-state index contributed by atoms with van der Waals surface area (Å²) in [6.07, 6.45) is 0.633. The summed E-state index contributed by atoms with van der Waals surface area (Å²) < 4.78 is 1.01. The van der Waals surface area contributed by atoms with E-state index in [0.717, 1.165) is 9.35 Å². The summed E-state index contributed by atoms with van der Waals surface area (Å²) in [4.78, 5) is 14.3. The second kappa shape index (κ2) is 5.80. The van der Waals surface area contributed by atoms with Gasteiger partial charge in [-0.1, -0.05) is 6.92 Å². The van der Waals surface area contributed by atoms with Crippen LogP contribution >= 0.6 is 27.3 Å². The molecule has 0 aliphatic rings. The molecule has 1 heterocycles. The molecule has 16 heavy (non-hydrogen) atoms. The Morgan fingerprint density at radius 3 is 2.56 bits per heavy atom. The summed E-state index contributed by atoms with van der Waals surface area (Å²) in [5.74, 6) is -1.09. The van der Waals surface area contributed by atoms with E-state index in [1.54, 1.807) is 11.3 Å². The second-order valence-corrected chi connectivity index (χ2v) is 5.79. The first kappa shape index (κ1) is 13.7. The van der Waals surface area contributed by atoms with Crippen molar-refractivity contribution in [2.45, 2.75) is 19.4 Å². The summed E-state index contributed by atoms with van der Waals surface area (Å²) in [5, 5.41) is 11.2. The van der Waals surface area contributed by atoms with Crippen LogP contribution in [0.4, 0.5) is 0 Å². The number of hydrogen-bond donors (Lipinski definition) is 1. The highest BCUT2D eigenvalue weighted by molar-refractivity contribution is 9.10. The molecule has 0 aliphatic heterocycles. The maximum Gasteiger partial charge on any atom is 0.308 e. The summed E-state index contributed by atoms with van der Waals surface area (Å²) in [6, 6.07) is 1.94. The number of carbonyl (C=O) groups is 1. The molecule has 0 bridgehead atoms. The van der Waals surface area contributed by atoms with Crippen LogP contribution in [0.25, 0.3) is 0 Å². The SMILES string of the molecule is CCC(C(=O)O)C(c1cc(Br)cs1)N(C)C. The maximum absolute atomic E-state index is 11.2. The molecule has 5 heteroatoms. The zero-order chi connectivity index (χ0) is 12.3. The third-order valence-electron chi connectivity index (χ3n) is 2.57. The van der Waals surface area contributed by atoms with E-state index in [9.17, 15) is 9.90 Å². The first-order chi connectivity index (χ1) is 7.47. The van der Waals surface area contributed by atoms with E-state index in [1.165, 1.54) is 0 Å². The van der Waals surface area contributed by atoms with Crippen LogP contribution in [-0.2, 0) is 4.79 Å². The van der Waals surface area contributed by atoms with Gasteiger partial charge in [0, 0.05) is 14.7 Å². The van der Waals surface area contributed by atoms with Crippen LogP contribution in [0.2, 0.25) is 0 Å². The zero-order valence-electron chi connectivity index (χ0n) is 9.61. The van der Waals surface area contributed by atoms with Crippen molar-refractivity contribution in [2.24, 2.45) is 5.92 Å². The van der Waals surface area contributed by atoms with Gasteiger partial charge >= 0.3 is 5.97 Å². The first-order valence-corrected chi connectivity index (χ1v) is 6.77. The molecule has 2 unspecified atom stereocenters. The molecule has 1 aromatic heterocycles. The predicted octanol–water partition coefficient (Wildman–Crippen LogP) is 3.22. The Hall–Kier alpha value is -0.390. The largest absolute Gasteiger partial charge is 0.481 e. The lowest BCUT2D eigenvalue weighted by Gasteiger charge is -2.28. The number of thiophene rings is 1. The molecule has 1 N–H and O–H groups in total. The number of hydrogen-bond acceptors (Lipinski definition) is 3. The van der Waals surface area contributed by atoms with Crippen LogP contribution in [0.3, 0.4) is 0 Å². The summed E-state index contributed by atoms with van der Waals surface area (Å²) in [5.41, 5.74) is 0. The lowest BCUT2D eigenvalue weighted by Crippen LogP contribution is -2.31. The summed E-state index contributed by atoms with van der Waals surface area (Å²) in [6.45, 7) is 1.91. The smallest absolute Gasteiger partial charge is 0.308 e. The van der Waals surface area contributed by atoms with Gasteiger partial charge < -0.3 is 10.0 Å². The van der Waals surface area contributed by atoms with Crippen LogP contribution in [0.5, 0.6) is 0 Å². The van der Waals surface area contributed by atoms with Gasteiger partial charge in [0.1, 0.15) is 0 Å². The number of nitrogens with zero attached hydrogens (tertiary/aromatic N) is 1. The third kappa shape index (κ3) is 3.06. The fourth-order valence-corrected chi connectivity index (χ4v) is 3.53. The van der Waals surface area contributed by atoms with Crippen molar-refractivity contribution < 1.29 is 9.90 Å². The van der Waals surface area contributed by atoms with Crippen LogP contribution in [0.1, 0.15) is 24.3 Å². The molecule has 0 fully saturated rings. The van der Waals surface area contributed by atoms with Crippen molar-refractivity contribution in [2.75, 3.05) is 14.1 Å². The fraction of sp³-hybridized carbons (Fsp3) is 0.545. The van der Waals surface area contributed by atoms with Gasteiger partial charge in [0.05, 0.1) is 12.0 Å². The van der Waals surface area contributed by atoms with E-state index in [-0.39, 0.29) is 12.0 Å². The van der Waals surface area contributed by atoms with E-state index in [0.29, 0.717) is 6.42 Å². The molecule has 0 aliphatic carbocycles. The molecule has 0 amide bonds. The van der Waals surface area contributed by atoms with E-state index < -0.39 is 5.97 Å². The van der Waals surface area contributed by atoms with Crippen LogP contribution in [0.15, 0.2) is 15.9 Å². The Morgan fingerprint density at radius 1 is 1.62 bits per heavy atom. The first-order valence-electron chi connectivity index (χ1n) is 5.10. The van der Waals surface area contributed by atoms with Gasteiger partial charge in [-0.3, -0.25) is 4.79 Å². The van der Waals surface area contributed by atoms with Gasteiger partial charge in [-0.2, -0.15) is 0 Å². The molecule has 0 radical (unpaired) electrons. The minimum Gasteiger partial charge on any atom is -0.481 e. The Balaban J connectivity index is 3.03. The summed E-state index contributed by atoms with van der Waals surface area (Å²) in [7, 11) is 3.84. The number of halogens is 1. The van der Waals surface area contributed by atoms with Gasteiger partial charge in [-0.25, -0.2) is 0 Å². The number of carboxylic acid groups (broad SMARTS) is 1. The van der Waals surface area contributed by atoms with Crippen LogP contribution in [0, 0.1) is 5.92 Å². The number of rotatable bonds is 5. The number of carboxylic acids is 1. The van der Waals surface area contributed by atoms with Crippen molar-refractivity contribution >= 4 is 33.2 Å². The quantitative estimate of drug-likeness (QED) is 0.908. The molecule has 0 spiro atoms. The molecular weight excluding hydrogens is 290 g/mol. The molecule has 2 atom stereocenters. The van der Waals surface area contributed by atoms with E-state index >= 15 is 0 Å². The van der Waals surface area contributed by atoms with E-state index in [1.807, 2.05) is 37.4 Å². The minimum absolute atomic E-state index is 0.0567. The topological polar surface area (TPSA) is 40.5 Å². The fourth-order valence-electron chi connectivity index (χ4n) is 1.83. The van der Waals surface area contributed by atoms with E-state index in [2.05, 4.69) is 15.9 Å². The van der Waals surface area contributed by atoms with E-state index in [4.69, 9.17) is 0 Å². The lowest BCUT2D eigenvalue weighted by molar-refractivity contribution is -0.144. The van der Waals surface area contributed by atoms with Crippen molar-refractivity contribution in [1.29, 1.82) is 0 Å².